The Morgan fingerprint density at radius 2 is 2.44 bits per heavy atom. The Labute approximate surface area is 108 Å². The van der Waals surface area contributed by atoms with E-state index in [9.17, 15) is 0 Å². The van der Waals surface area contributed by atoms with Crippen molar-refractivity contribution in [2.75, 3.05) is 32.2 Å². The Morgan fingerprint density at radius 1 is 1.61 bits per heavy atom. The van der Waals surface area contributed by atoms with Crippen LogP contribution in [0.2, 0.25) is 0 Å². The normalized spacial score (nSPS) is 23.5. The second kappa shape index (κ2) is 5.71. The molecule has 1 atom stereocenters. The van der Waals surface area contributed by atoms with Crippen molar-refractivity contribution in [3.63, 3.8) is 0 Å². The number of ether oxygens (including phenoxy) is 2. The number of hydrogen-bond donors (Lipinski definition) is 1. The topological polar surface area (TPSA) is 48.3 Å². The molecule has 18 heavy (non-hydrogen) atoms. The average Bonchev–Trinajstić information content (AvgIpc) is 2.95. The molecule has 0 saturated carbocycles. The standard InChI is InChI=1S/C13H23N3O2/c1-4-6-16-8-11(2)15-12(16)14-9-13(17-3)5-7-18-10-13/h8H,4-7,9-10H2,1-3H3,(H,14,15). The van der Waals surface area contributed by atoms with Crippen LogP contribution >= 0.6 is 0 Å². The fourth-order valence-electron chi connectivity index (χ4n) is 2.30. The highest BCUT2D eigenvalue weighted by atomic mass is 16.5. The van der Waals surface area contributed by atoms with Crippen molar-refractivity contribution in [1.82, 2.24) is 9.55 Å². The monoisotopic (exact) mass is 253 g/mol. The molecule has 0 aliphatic carbocycles. The summed E-state index contributed by atoms with van der Waals surface area (Å²) < 4.78 is 13.2. The molecule has 1 fully saturated rings. The molecule has 1 unspecified atom stereocenters. The quantitative estimate of drug-likeness (QED) is 0.840. The van der Waals surface area contributed by atoms with Gasteiger partial charge in [0.1, 0.15) is 5.60 Å². The summed E-state index contributed by atoms with van der Waals surface area (Å²) in [7, 11) is 1.75. The van der Waals surface area contributed by atoms with E-state index in [1.165, 1.54) is 0 Å². The van der Waals surface area contributed by atoms with Gasteiger partial charge in [-0.05, 0) is 13.3 Å². The first-order valence-electron chi connectivity index (χ1n) is 6.59. The smallest absolute Gasteiger partial charge is 0.203 e. The lowest BCUT2D eigenvalue weighted by atomic mass is 10.0. The second-order valence-electron chi connectivity index (χ2n) is 4.94. The largest absolute Gasteiger partial charge is 0.378 e. The molecule has 0 spiro atoms. The molecule has 1 aromatic rings. The van der Waals surface area contributed by atoms with E-state index in [4.69, 9.17) is 9.47 Å². The molecule has 1 saturated heterocycles. The number of nitrogens with zero attached hydrogens (tertiary/aromatic N) is 2. The minimum atomic E-state index is -0.198. The van der Waals surface area contributed by atoms with E-state index in [1.54, 1.807) is 7.11 Å². The van der Waals surface area contributed by atoms with Crippen LogP contribution in [0.3, 0.4) is 0 Å². The molecule has 2 rings (SSSR count). The molecule has 0 aromatic carbocycles. The van der Waals surface area contributed by atoms with E-state index in [0.29, 0.717) is 6.61 Å². The molecule has 5 nitrogen and oxygen atoms in total. The molecule has 1 aliphatic heterocycles. The Bertz CT molecular complexity index is 384. The van der Waals surface area contributed by atoms with Crippen LogP contribution in [0.4, 0.5) is 5.95 Å². The molecule has 5 heteroatoms. The number of nitrogens with one attached hydrogen (secondary N) is 1. The summed E-state index contributed by atoms with van der Waals surface area (Å²) in [6.45, 7) is 7.34. The Morgan fingerprint density at radius 3 is 3.06 bits per heavy atom. The lowest BCUT2D eigenvalue weighted by Gasteiger charge is -2.26. The van der Waals surface area contributed by atoms with Crippen molar-refractivity contribution in [2.45, 2.75) is 38.8 Å². The zero-order valence-corrected chi connectivity index (χ0v) is 11.5. The maximum atomic E-state index is 5.60. The third-order valence-electron chi connectivity index (χ3n) is 3.43. The van der Waals surface area contributed by atoms with E-state index in [2.05, 4.69) is 28.0 Å². The number of aryl methyl sites for hydroxylation is 2. The number of imidazole rings is 1. The summed E-state index contributed by atoms with van der Waals surface area (Å²) in [6.07, 6.45) is 4.11. The van der Waals surface area contributed by atoms with Crippen LogP contribution in [0.25, 0.3) is 0 Å². The Balaban J connectivity index is 2.00. The number of rotatable bonds is 6. The average molecular weight is 253 g/mol. The predicted molar refractivity (Wildman–Crippen MR) is 70.9 cm³/mol. The van der Waals surface area contributed by atoms with Gasteiger partial charge in [0.25, 0.3) is 0 Å². The molecule has 102 valence electrons. The summed E-state index contributed by atoms with van der Waals surface area (Å²) >= 11 is 0. The van der Waals surface area contributed by atoms with Gasteiger partial charge in [-0.2, -0.15) is 0 Å². The number of aromatic nitrogens is 2. The first kappa shape index (κ1) is 13.4. The van der Waals surface area contributed by atoms with Gasteiger partial charge in [-0.25, -0.2) is 4.98 Å². The fraction of sp³-hybridized carbons (Fsp3) is 0.769. The van der Waals surface area contributed by atoms with Crippen molar-refractivity contribution >= 4 is 5.95 Å². The first-order valence-corrected chi connectivity index (χ1v) is 6.59. The van der Waals surface area contributed by atoms with E-state index in [-0.39, 0.29) is 5.60 Å². The van der Waals surface area contributed by atoms with Crippen molar-refractivity contribution in [2.24, 2.45) is 0 Å². The van der Waals surface area contributed by atoms with Crippen LogP contribution in [0.1, 0.15) is 25.5 Å². The highest BCUT2D eigenvalue weighted by Gasteiger charge is 2.35. The summed E-state index contributed by atoms with van der Waals surface area (Å²) in [5, 5.41) is 3.40. The zero-order valence-electron chi connectivity index (χ0n) is 11.5. The number of hydrogen-bond acceptors (Lipinski definition) is 4. The van der Waals surface area contributed by atoms with Crippen LogP contribution in [-0.4, -0.2) is 42.0 Å². The van der Waals surface area contributed by atoms with Crippen molar-refractivity contribution < 1.29 is 9.47 Å². The predicted octanol–water partition coefficient (Wildman–Crippen LogP) is 1.82. The van der Waals surface area contributed by atoms with E-state index >= 15 is 0 Å². The van der Waals surface area contributed by atoms with Crippen molar-refractivity contribution in [3.8, 4) is 0 Å². The van der Waals surface area contributed by atoms with Gasteiger partial charge in [-0.3, -0.25) is 0 Å². The van der Waals surface area contributed by atoms with Crippen LogP contribution < -0.4 is 5.32 Å². The molecule has 1 aliphatic rings. The van der Waals surface area contributed by atoms with Gasteiger partial charge in [-0.15, -0.1) is 0 Å². The molecular weight excluding hydrogens is 230 g/mol. The molecule has 0 amide bonds. The third-order valence-corrected chi connectivity index (χ3v) is 3.43. The summed E-state index contributed by atoms with van der Waals surface area (Å²) in [4.78, 5) is 4.51. The molecule has 1 aromatic heterocycles. The maximum absolute atomic E-state index is 5.60. The van der Waals surface area contributed by atoms with Gasteiger partial charge < -0.3 is 19.4 Å². The van der Waals surface area contributed by atoms with Gasteiger partial charge in [0.05, 0.1) is 12.3 Å². The first-order chi connectivity index (χ1) is 8.69. The minimum absolute atomic E-state index is 0.198. The molecule has 0 bridgehead atoms. The lowest BCUT2D eigenvalue weighted by molar-refractivity contribution is -0.00635. The van der Waals surface area contributed by atoms with Crippen molar-refractivity contribution in [1.29, 1.82) is 0 Å². The Kier molecular flexibility index (Phi) is 4.24. The number of anilines is 1. The fourth-order valence-corrected chi connectivity index (χ4v) is 2.30. The van der Waals surface area contributed by atoms with Crippen LogP contribution in [0, 0.1) is 6.92 Å². The highest BCUT2D eigenvalue weighted by Crippen LogP contribution is 2.23. The molecular formula is C13H23N3O2. The van der Waals surface area contributed by atoms with Crippen molar-refractivity contribution in [3.05, 3.63) is 11.9 Å². The SMILES string of the molecule is CCCn1cc(C)nc1NCC1(OC)CCOC1. The van der Waals surface area contributed by atoms with Gasteiger partial charge in [-0.1, -0.05) is 6.92 Å². The number of methoxy groups -OCH3 is 1. The van der Waals surface area contributed by atoms with Crippen LogP contribution in [0.5, 0.6) is 0 Å². The molecule has 2 heterocycles. The van der Waals surface area contributed by atoms with E-state index in [0.717, 1.165) is 44.2 Å². The van der Waals surface area contributed by atoms with Gasteiger partial charge in [0, 0.05) is 39.4 Å². The summed E-state index contributed by atoms with van der Waals surface area (Å²) in [5.74, 6) is 0.928. The van der Waals surface area contributed by atoms with Crippen LogP contribution in [-0.2, 0) is 16.0 Å². The third kappa shape index (κ3) is 2.84. The second-order valence-corrected chi connectivity index (χ2v) is 4.94. The highest BCUT2D eigenvalue weighted by molar-refractivity contribution is 5.29. The Hall–Kier alpha value is -1.07. The van der Waals surface area contributed by atoms with Gasteiger partial charge in [0.2, 0.25) is 5.95 Å². The molecule has 1 N–H and O–H groups in total. The minimum Gasteiger partial charge on any atom is -0.378 e. The summed E-state index contributed by atoms with van der Waals surface area (Å²) in [5.41, 5.74) is 0.844. The lowest BCUT2D eigenvalue weighted by Crippen LogP contribution is -2.40. The van der Waals surface area contributed by atoms with Gasteiger partial charge in [0.15, 0.2) is 0 Å². The van der Waals surface area contributed by atoms with E-state index in [1.807, 2.05) is 6.92 Å². The van der Waals surface area contributed by atoms with Crippen LogP contribution in [0.15, 0.2) is 6.20 Å². The zero-order chi connectivity index (χ0) is 13.0. The van der Waals surface area contributed by atoms with Gasteiger partial charge >= 0.3 is 0 Å². The maximum Gasteiger partial charge on any atom is 0.203 e. The van der Waals surface area contributed by atoms with E-state index < -0.39 is 0 Å². The summed E-state index contributed by atoms with van der Waals surface area (Å²) in [6, 6.07) is 0. The molecule has 0 radical (unpaired) electrons.